The van der Waals surface area contributed by atoms with E-state index in [0.717, 1.165) is 0 Å². The predicted molar refractivity (Wildman–Crippen MR) is 77.7 cm³/mol. The average Bonchev–Trinajstić information content (AvgIpc) is 2.39. The van der Waals surface area contributed by atoms with E-state index in [1.54, 1.807) is 48.5 Å². The molecule has 104 valence electrons. The van der Waals surface area contributed by atoms with Crippen LogP contribution in [-0.4, -0.2) is 12.4 Å². The number of ketones is 1. The minimum Gasteiger partial charge on any atom is -0.416 e. The molecule has 0 N–H and O–H groups in total. The molecule has 2 aromatic rings. The van der Waals surface area contributed by atoms with E-state index in [9.17, 15) is 9.36 Å². The minimum atomic E-state index is -3.26. The van der Waals surface area contributed by atoms with Crippen molar-refractivity contribution in [1.29, 1.82) is 0 Å². The van der Waals surface area contributed by atoms with Crippen molar-refractivity contribution in [3.05, 3.63) is 60.2 Å². The highest BCUT2D eigenvalue weighted by Gasteiger charge is 2.20. The van der Waals surface area contributed by atoms with E-state index >= 15 is 0 Å². The second-order valence-electron chi connectivity index (χ2n) is 4.35. The van der Waals surface area contributed by atoms with E-state index in [2.05, 4.69) is 0 Å². The van der Waals surface area contributed by atoms with Crippen LogP contribution in [0.1, 0.15) is 17.3 Å². The number of rotatable bonds is 5. The second kappa shape index (κ2) is 5.93. The molecule has 0 heterocycles. The summed E-state index contributed by atoms with van der Waals surface area (Å²) in [6.07, 6.45) is 0. The summed E-state index contributed by atoms with van der Waals surface area (Å²) in [7, 11) is -3.26. The lowest BCUT2D eigenvalue weighted by molar-refractivity contribution is 0.101. The molecule has 0 saturated carbocycles. The van der Waals surface area contributed by atoms with Gasteiger partial charge in [0.2, 0.25) is 0 Å². The molecular weight excluding hydrogens is 275 g/mol. The first-order chi connectivity index (χ1) is 9.46. The smallest absolute Gasteiger partial charge is 0.416 e. The molecule has 0 aliphatic rings. The summed E-state index contributed by atoms with van der Waals surface area (Å²) >= 11 is 0. The van der Waals surface area contributed by atoms with Crippen molar-refractivity contribution in [3.8, 4) is 11.5 Å². The first kappa shape index (κ1) is 14.4. The van der Waals surface area contributed by atoms with Crippen LogP contribution in [0.15, 0.2) is 54.6 Å². The monoisotopic (exact) mass is 290 g/mol. The summed E-state index contributed by atoms with van der Waals surface area (Å²) in [6, 6.07) is 15.3. The zero-order valence-electron chi connectivity index (χ0n) is 11.3. The molecule has 20 heavy (non-hydrogen) atoms. The second-order valence-corrected chi connectivity index (χ2v) is 6.26. The number of carbonyl (C=O) groups excluding carboxylic acids is 1. The number of hydrogen-bond acceptors (Lipinski definition) is 4. The topological polar surface area (TPSA) is 52.6 Å². The van der Waals surface area contributed by atoms with Crippen LogP contribution >= 0.6 is 7.60 Å². The Morgan fingerprint density at radius 2 is 1.40 bits per heavy atom. The fraction of sp³-hybridized carbons (Fsp3) is 0.133. The van der Waals surface area contributed by atoms with E-state index < -0.39 is 7.60 Å². The van der Waals surface area contributed by atoms with Gasteiger partial charge >= 0.3 is 7.60 Å². The molecule has 0 aliphatic heterocycles. The fourth-order valence-electron chi connectivity index (χ4n) is 1.63. The molecule has 0 spiro atoms. The van der Waals surface area contributed by atoms with Crippen molar-refractivity contribution in [2.24, 2.45) is 0 Å². The fourth-order valence-corrected chi connectivity index (χ4v) is 2.68. The Hall–Kier alpha value is -2.06. The molecule has 0 saturated heterocycles. The first-order valence-electron chi connectivity index (χ1n) is 6.09. The maximum absolute atomic E-state index is 12.3. The van der Waals surface area contributed by atoms with Gasteiger partial charge < -0.3 is 9.05 Å². The van der Waals surface area contributed by atoms with Crippen LogP contribution in [0.2, 0.25) is 0 Å². The largest absolute Gasteiger partial charge is 0.427 e. The van der Waals surface area contributed by atoms with E-state index in [1.165, 1.54) is 13.6 Å². The van der Waals surface area contributed by atoms with Crippen molar-refractivity contribution in [1.82, 2.24) is 0 Å². The Balaban J connectivity index is 2.08. The molecule has 0 bridgehead atoms. The summed E-state index contributed by atoms with van der Waals surface area (Å²) in [5.74, 6) is 0.854. The Bertz CT molecular complexity index is 635. The van der Waals surface area contributed by atoms with Crippen molar-refractivity contribution in [3.63, 3.8) is 0 Å². The zero-order chi connectivity index (χ0) is 14.6. The van der Waals surface area contributed by atoms with E-state index in [1.807, 2.05) is 6.07 Å². The van der Waals surface area contributed by atoms with Gasteiger partial charge in [0.1, 0.15) is 11.5 Å². The van der Waals surface area contributed by atoms with E-state index in [-0.39, 0.29) is 5.78 Å². The molecule has 5 heteroatoms. The number of Topliss-reactive ketones (excluding diaryl/α,β-unsaturated/α-hetero) is 1. The summed E-state index contributed by atoms with van der Waals surface area (Å²) in [6.45, 7) is 2.89. The quantitative estimate of drug-likeness (QED) is 0.612. The Labute approximate surface area is 117 Å². The van der Waals surface area contributed by atoms with Crippen LogP contribution in [0, 0.1) is 0 Å². The highest BCUT2D eigenvalue weighted by atomic mass is 31.2. The summed E-state index contributed by atoms with van der Waals surface area (Å²) in [5.41, 5.74) is 0.576. The minimum absolute atomic E-state index is 0.0308. The van der Waals surface area contributed by atoms with E-state index in [0.29, 0.717) is 17.1 Å². The van der Waals surface area contributed by atoms with Crippen LogP contribution in [0.25, 0.3) is 0 Å². The Morgan fingerprint density at radius 3 is 1.90 bits per heavy atom. The zero-order valence-corrected chi connectivity index (χ0v) is 12.2. The van der Waals surface area contributed by atoms with Gasteiger partial charge in [-0.25, -0.2) is 4.57 Å². The number of benzene rings is 2. The Morgan fingerprint density at radius 1 is 0.900 bits per heavy atom. The summed E-state index contributed by atoms with van der Waals surface area (Å²) in [5, 5.41) is 0. The maximum atomic E-state index is 12.3. The third-order valence-corrected chi connectivity index (χ3v) is 3.63. The lowest BCUT2D eigenvalue weighted by Crippen LogP contribution is -1.99. The highest BCUT2D eigenvalue weighted by molar-refractivity contribution is 7.53. The number of para-hydroxylation sites is 1. The Kier molecular flexibility index (Phi) is 4.26. The van der Waals surface area contributed by atoms with Crippen LogP contribution in [0.4, 0.5) is 0 Å². The van der Waals surface area contributed by atoms with E-state index in [4.69, 9.17) is 9.05 Å². The molecule has 2 rings (SSSR count). The first-order valence-corrected chi connectivity index (χ1v) is 8.08. The van der Waals surface area contributed by atoms with Gasteiger partial charge in [0, 0.05) is 5.56 Å². The lowest BCUT2D eigenvalue weighted by Gasteiger charge is -2.16. The SMILES string of the molecule is CC(=O)c1ccc(OP(C)(=O)Oc2ccccc2)cc1. The highest BCUT2D eigenvalue weighted by Crippen LogP contribution is 2.44. The number of hydrogen-bond donors (Lipinski definition) is 0. The van der Waals surface area contributed by atoms with Crippen molar-refractivity contribution < 1.29 is 18.4 Å². The van der Waals surface area contributed by atoms with Crippen LogP contribution in [-0.2, 0) is 4.57 Å². The van der Waals surface area contributed by atoms with Crippen LogP contribution in [0.3, 0.4) is 0 Å². The normalized spacial score (nSPS) is 13.3. The van der Waals surface area contributed by atoms with Gasteiger partial charge in [-0.3, -0.25) is 4.79 Å². The molecule has 4 nitrogen and oxygen atoms in total. The molecule has 0 fully saturated rings. The van der Waals surface area contributed by atoms with Gasteiger partial charge in [-0.15, -0.1) is 0 Å². The van der Waals surface area contributed by atoms with Gasteiger partial charge in [-0.05, 0) is 43.3 Å². The molecular formula is C15H15O4P. The van der Waals surface area contributed by atoms with Crippen molar-refractivity contribution in [2.45, 2.75) is 6.92 Å². The average molecular weight is 290 g/mol. The van der Waals surface area contributed by atoms with Gasteiger partial charge in [-0.1, -0.05) is 18.2 Å². The van der Waals surface area contributed by atoms with Gasteiger partial charge in [-0.2, -0.15) is 0 Å². The molecule has 0 aromatic heterocycles. The van der Waals surface area contributed by atoms with Gasteiger partial charge in [0.15, 0.2) is 5.78 Å². The molecule has 1 atom stereocenters. The third-order valence-electron chi connectivity index (χ3n) is 2.55. The maximum Gasteiger partial charge on any atom is 0.427 e. The van der Waals surface area contributed by atoms with Crippen LogP contribution in [0.5, 0.6) is 11.5 Å². The molecule has 2 aromatic carbocycles. The van der Waals surface area contributed by atoms with Gasteiger partial charge in [0.25, 0.3) is 0 Å². The molecule has 0 amide bonds. The lowest BCUT2D eigenvalue weighted by atomic mass is 10.1. The van der Waals surface area contributed by atoms with Crippen LogP contribution < -0.4 is 9.05 Å². The van der Waals surface area contributed by atoms with Crippen molar-refractivity contribution in [2.75, 3.05) is 6.66 Å². The predicted octanol–water partition coefficient (Wildman–Crippen LogP) is 4.17. The standard InChI is InChI=1S/C15H15O4P/c1-12(16)13-8-10-15(11-9-13)19-20(2,17)18-14-6-4-3-5-7-14/h3-11H,1-2H3. The summed E-state index contributed by atoms with van der Waals surface area (Å²) < 4.78 is 23.0. The molecule has 0 aliphatic carbocycles. The molecule has 0 radical (unpaired) electrons. The van der Waals surface area contributed by atoms with Crippen molar-refractivity contribution >= 4 is 13.4 Å². The third kappa shape index (κ3) is 3.97. The van der Waals surface area contributed by atoms with Gasteiger partial charge in [0.05, 0.1) is 6.66 Å². The molecule has 1 unspecified atom stereocenters. The summed E-state index contributed by atoms with van der Waals surface area (Å²) in [4.78, 5) is 11.2. The number of carbonyl (C=O) groups is 1.